The molecule has 2 aromatic heterocycles. The molecule has 9 heteroatoms. The van der Waals surface area contributed by atoms with E-state index in [1.54, 1.807) is 0 Å². The Balaban J connectivity index is 1.62. The van der Waals surface area contributed by atoms with Gasteiger partial charge in [-0.15, -0.1) is 0 Å². The first-order valence-electron chi connectivity index (χ1n) is 9.25. The molecule has 8 nitrogen and oxygen atoms in total. The van der Waals surface area contributed by atoms with E-state index in [2.05, 4.69) is 49.2 Å². The molecule has 0 bridgehead atoms. The van der Waals surface area contributed by atoms with Crippen molar-refractivity contribution in [2.75, 3.05) is 0 Å². The van der Waals surface area contributed by atoms with E-state index in [0.29, 0.717) is 11.7 Å². The van der Waals surface area contributed by atoms with Gasteiger partial charge in [0.15, 0.2) is 19.8 Å². The molecule has 1 aliphatic rings. The van der Waals surface area contributed by atoms with Gasteiger partial charge in [-0.1, -0.05) is 31.1 Å². The highest BCUT2D eigenvalue weighted by atomic mass is 28.4. The highest BCUT2D eigenvalue weighted by Gasteiger charge is 2.41. The SMILES string of the molecule is CC(O[Si](C)(C)C(C)(C)C)c1noc(C2CC(c3conc3C(N)=O)C2)n1. The Morgan fingerprint density at radius 2 is 1.96 bits per heavy atom. The number of primary amides is 1. The third kappa shape index (κ3) is 3.84. The molecule has 0 spiro atoms. The van der Waals surface area contributed by atoms with Gasteiger partial charge in [-0.25, -0.2) is 0 Å². The summed E-state index contributed by atoms with van der Waals surface area (Å²) in [5, 5.41) is 7.93. The van der Waals surface area contributed by atoms with E-state index in [4.69, 9.17) is 19.2 Å². The molecule has 0 aromatic carbocycles. The minimum atomic E-state index is -1.91. The third-order valence-corrected chi connectivity index (χ3v) is 10.4. The standard InChI is InChI=1S/C18H28N4O4Si/c1-10(26-27(5,6)18(2,3)4)16-20-17(25-22-16)12-7-11(8-12)13-9-24-21-14(13)15(19)23/h9-12H,7-8H2,1-6H3,(H2,19,23). The predicted molar refractivity (Wildman–Crippen MR) is 101 cm³/mol. The van der Waals surface area contributed by atoms with Crippen LogP contribution in [-0.4, -0.2) is 29.5 Å². The molecule has 1 unspecified atom stereocenters. The molecule has 2 heterocycles. The molecule has 1 aliphatic carbocycles. The lowest BCUT2D eigenvalue weighted by Gasteiger charge is -2.37. The van der Waals surface area contributed by atoms with Gasteiger partial charge >= 0.3 is 0 Å². The monoisotopic (exact) mass is 392 g/mol. The van der Waals surface area contributed by atoms with Crippen molar-refractivity contribution in [2.45, 2.75) is 76.6 Å². The molecule has 1 saturated carbocycles. The topological polar surface area (TPSA) is 117 Å². The van der Waals surface area contributed by atoms with Crippen LogP contribution in [0.5, 0.6) is 0 Å². The van der Waals surface area contributed by atoms with Crippen LogP contribution >= 0.6 is 0 Å². The van der Waals surface area contributed by atoms with Crippen LogP contribution in [0.2, 0.25) is 18.1 Å². The van der Waals surface area contributed by atoms with Gasteiger partial charge in [-0.3, -0.25) is 4.79 Å². The zero-order valence-electron chi connectivity index (χ0n) is 16.8. The quantitative estimate of drug-likeness (QED) is 0.741. The first kappa shape index (κ1) is 19.8. The van der Waals surface area contributed by atoms with Gasteiger partial charge in [0.2, 0.25) is 5.89 Å². The Kier molecular flexibility index (Phi) is 5.02. The molecule has 3 rings (SSSR count). The Hall–Kier alpha value is -2.00. The first-order chi connectivity index (χ1) is 12.5. The van der Waals surface area contributed by atoms with E-state index in [1.807, 2.05) is 6.92 Å². The average Bonchev–Trinajstić information content (AvgIpc) is 3.13. The molecule has 0 saturated heterocycles. The molecule has 0 radical (unpaired) electrons. The van der Waals surface area contributed by atoms with Crippen molar-refractivity contribution in [1.29, 1.82) is 0 Å². The summed E-state index contributed by atoms with van der Waals surface area (Å²) in [6.07, 6.45) is 2.87. The molecule has 2 aromatic rings. The van der Waals surface area contributed by atoms with Crippen LogP contribution < -0.4 is 5.73 Å². The molecule has 27 heavy (non-hydrogen) atoms. The summed E-state index contributed by atoms with van der Waals surface area (Å²) < 4.78 is 16.7. The lowest BCUT2D eigenvalue weighted by molar-refractivity contribution is 0.0989. The fourth-order valence-corrected chi connectivity index (χ4v) is 4.39. The van der Waals surface area contributed by atoms with Crippen LogP contribution in [0, 0.1) is 0 Å². The maximum atomic E-state index is 11.4. The Morgan fingerprint density at radius 3 is 2.56 bits per heavy atom. The van der Waals surface area contributed by atoms with Crippen LogP contribution in [0.4, 0.5) is 0 Å². The zero-order valence-corrected chi connectivity index (χ0v) is 17.8. The van der Waals surface area contributed by atoms with Crippen molar-refractivity contribution in [3.8, 4) is 0 Å². The summed E-state index contributed by atoms with van der Waals surface area (Å²) >= 11 is 0. The van der Waals surface area contributed by atoms with E-state index >= 15 is 0 Å². The van der Waals surface area contributed by atoms with Crippen molar-refractivity contribution < 1.29 is 18.3 Å². The minimum absolute atomic E-state index is 0.117. The summed E-state index contributed by atoms with van der Waals surface area (Å²) in [5.74, 6) is 0.955. The number of hydrogen-bond acceptors (Lipinski definition) is 7. The summed E-state index contributed by atoms with van der Waals surface area (Å²) in [5.41, 5.74) is 6.29. The number of nitrogens with zero attached hydrogens (tertiary/aromatic N) is 3. The van der Waals surface area contributed by atoms with Crippen LogP contribution in [0.3, 0.4) is 0 Å². The highest BCUT2D eigenvalue weighted by molar-refractivity contribution is 6.74. The summed E-state index contributed by atoms with van der Waals surface area (Å²) in [7, 11) is -1.91. The van der Waals surface area contributed by atoms with Gasteiger partial charge in [0.1, 0.15) is 12.4 Å². The molecular weight excluding hydrogens is 364 g/mol. The van der Waals surface area contributed by atoms with Gasteiger partial charge in [0.05, 0.1) is 0 Å². The van der Waals surface area contributed by atoms with E-state index in [0.717, 1.165) is 18.4 Å². The number of hydrogen-bond donors (Lipinski definition) is 1. The Morgan fingerprint density at radius 1 is 1.30 bits per heavy atom. The Bertz CT molecular complexity index is 817. The molecule has 1 fully saturated rings. The minimum Gasteiger partial charge on any atom is -0.407 e. The van der Waals surface area contributed by atoms with Crippen molar-refractivity contribution in [3.63, 3.8) is 0 Å². The van der Waals surface area contributed by atoms with E-state index in [1.165, 1.54) is 6.26 Å². The number of amides is 1. The van der Waals surface area contributed by atoms with E-state index in [9.17, 15) is 4.79 Å². The second kappa shape index (κ2) is 6.86. The summed E-state index contributed by atoms with van der Waals surface area (Å²) in [4.78, 5) is 16.0. The smallest absolute Gasteiger partial charge is 0.271 e. The average molecular weight is 393 g/mol. The van der Waals surface area contributed by atoms with Gasteiger partial charge in [0.25, 0.3) is 5.91 Å². The van der Waals surface area contributed by atoms with E-state index in [-0.39, 0.29) is 28.7 Å². The lowest BCUT2D eigenvalue weighted by Crippen LogP contribution is -2.41. The van der Waals surface area contributed by atoms with Crippen LogP contribution in [0.15, 0.2) is 15.3 Å². The third-order valence-electron chi connectivity index (χ3n) is 5.86. The normalized spacial score (nSPS) is 21.7. The van der Waals surface area contributed by atoms with Crippen molar-refractivity contribution in [2.24, 2.45) is 5.73 Å². The van der Waals surface area contributed by atoms with Gasteiger partial charge in [-0.2, -0.15) is 4.98 Å². The fourth-order valence-electron chi connectivity index (χ4n) is 3.04. The van der Waals surface area contributed by atoms with Gasteiger partial charge < -0.3 is 19.2 Å². The Labute approximate surface area is 159 Å². The lowest BCUT2D eigenvalue weighted by atomic mass is 9.71. The van der Waals surface area contributed by atoms with Gasteiger partial charge in [-0.05, 0) is 43.8 Å². The second-order valence-electron chi connectivity index (χ2n) is 8.86. The zero-order chi connectivity index (χ0) is 20.0. The van der Waals surface area contributed by atoms with Crippen molar-refractivity contribution in [3.05, 3.63) is 29.2 Å². The predicted octanol–water partition coefficient (Wildman–Crippen LogP) is 3.90. The molecule has 1 atom stereocenters. The molecule has 0 aliphatic heterocycles. The molecular formula is C18H28N4O4Si. The van der Waals surface area contributed by atoms with Crippen molar-refractivity contribution in [1.82, 2.24) is 15.3 Å². The highest BCUT2D eigenvalue weighted by Crippen LogP contribution is 2.48. The van der Waals surface area contributed by atoms with Crippen LogP contribution in [0.25, 0.3) is 0 Å². The molecule has 148 valence electrons. The van der Waals surface area contributed by atoms with Crippen molar-refractivity contribution >= 4 is 14.2 Å². The summed E-state index contributed by atoms with van der Waals surface area (Å²) in [6, 6.07) is 0. The summed E-state index contributed by atoms with van der Waals surface area (Å²) in [6.45, 7) is 13.0. The molecule has 2 N–H and O–H groups in total. The maximum Gasteiger partial charge on any atom is 0.271 e. The largest absolute Gasteiger partial charge is 0.407 e. The van der Waals surface area contributed by atoms with Crippen LogP contribution in [0.1, 0.15) is 86.2 Å². The maximum absolute atomic E-state index is 11.4. The fraction of sp³-hybridized carbons (Fsp3) is 0.667. The first-order valence-corrected chi connectivity index (χ1v) is 12.2. The number of nitrogens with two attached hydrogens (primary N) is 1. The van der Waals surface area contributed by atoms with E-state index < -0.39 is 14.2 Å². The number of carbonyl (C=O) groups is 1. The number of aromatic nitrogens is 3. The second-order valence-corrected chi connectivity index (χ2v) is 13.6. The number of rotatable bonds is 6. The molecule has 1 amide bonds. The number of carbonyl (C=O) groups excluding carboxylic acids is 1. The van der Waals surface area contributed by atoms with Crippen LogP contribution in [-0.2, 0) is 4.43 Å². The van der Waals surface area contributed by atoms with Gasteiger partial charge in [0, 0.05) is 11.5 Å².